The highest BCUT2D eigenvalue weighted by molar-refractivity contribution is 5.90. The minimum absolute atomic E-state index is 0.0251. The van der Waals surface area contributed by atoms with E-state index in [4.69, 9.17) is 0 Å². The first-order valence-electron chi connectivity index (χ1n) is 4.83. The van der Waals surface area contributed by atoms with Gasteiger partial charge in [0.2, 0.25) is 0 Å². The number of urea groups is 1. The van der Waals surface area contributed by atoms with Crippen molar-refractivity contribution in [3.05, 3.63) is 29.6 Å². The Kier molecular flexibility index (Phi) is 3.66. The number of hydrogen-bond acceptors (Lipinski definition) is 1. The number of nitrogens with one attached hydrogen (secondary N) is 2. The molecule has 2 amide bonds. The van der Waals surface area contributed by atoms with Gasteiger partial charge in [-0.05, 0) is 32.4 Å². The van der Waals surface area contributed by atoms with Crippen molar-refractivity contribution in [2.24, 2.45) is 0 Å². The Balaban J connectivity index is 2.76. The summed E-state index contributed by atoms with van der Waals surface area (Å²) in [5.74, 6) is -0.422. The third kappa shape index (κ3) is 3.23. The van der Waals surface area contributed by atoms with Gasteiger partial charge in [0.1, 0.15) is 5.82 Å². The number of amides is 2. The average Bonchev–Trinajstić information content (AvgIpc) is 2.10. The lowest BCUT2D eigenvalue weighted by Crippen LogP contribution is -2.34. The summed E-state index contributed by atoms with van der Waals surface area (Å²) in [4.78, 5) is 11.3. The van der Waals surface area contributed by atoms with Crippen LogP contribution in [-0.2, 0) is 0 Å². The standard InChI is InChI=1S/C11H15FN2O/c1-7(2)13-11(15)14-10-8(3)5-4-6-9(10)12/h4-7H,1-3H3,(H2,13,14,15). The molecule has 0 bridgehead atoms. The van der Waals surface area contributed by atoms with Crippen molar-refractivity contribution in [1.29, 1.82) is 0 Å². The van der Waals surface area contributed by atoms with E-state index in [2.05, 4.69) is 10.6 Å². The van der Waals surface area contributed by atoms with Crippen LogP contribution >= 0.6 is 0 Å². The van der Waals surface area contributed by atoms with Gasteiger partial charge in [-0.1, -0.05) is 12.1 Å². The summed E-state index contributed by atoms with van der Waals surface area (Å²) in [6.45, 7) is 5.43. The molecule has 1 aromatic carbocycles. The van der Waals surface area contributed by atoms with Gasteiger partial charge < -0.3 is 10.6 Å². The van der Waals surface area contributed by atoms with E-state index in [1.807, 2.05) is 13.8 Å². The molecule has 0 aliphatic heterocycles. The van der Waals surface area contributed by atoms with Crippen molar-refractivity contribution in [2.75, 3.05) is 5.32 Å². The fraction of sp³-hybridized carbons (Fsp3) is 0.364. The summed E-state index contributed by atoms with van der Waals surface area (Å²) in [5, 5.41) is 5.11. The number of hydrogen-bond donors (Lipinski definition) is 2. The number of aryl methyl sites for hydroxylation is 1. The Morgan fingerprint density at radius 2 is 2.07 bits per heavy atom. The van der Waals surface area contributed by atoms with Gasteiger partial charge in [-0.15, -0.1) is 0 Å². The molecule has 0 heterocycles. The third-order valence-corrected chi connectivity index (χ3v) is 1.88. The highest BCUT2D eigenvalue weighted by Crippen LogP contribution is 2.18. The molecular weight excluding hydrogens is 195 g/mol. The number of carbonyl (C=O) groups excluding carboxylic acids is 1. The molecule has 0 unspecified atom stereocenters. The van der Waals surface area contributed by atoms with Gasteiger partial charge in [-0.2, -0.15) is 0 Å². The first-order valence-corrected chi connectivity index (χ1v) is 4.83. The lowest BCUT2D eigenvalue weighted by Gasteiger charge is -2.12. The van der Waals surface area contributed by atoms with Gasteiger partial charge in [-0.25, -0.2) is 9.18 Å². The fourth-order valence-electron chi connectivity index (χ4n) is 1.20. The van der Waals surface area contributed by atoms with Crippen molar-refractivity contribution in [2.45, 2.75) is 26.8 Å². The molecule has 82 valence electrons. The number of rotatable bonds is 2. The molecule has 0 saturated carbocycles. The van der Waals surface area contributed by atoms with Gasteiger partial charge in [-0.3, -0.25) is 0 Å². The quantitative estimate of drug-likeness (QED) is 0.774. The number of para-hydroxylation sites is 1. The van der Waals surface area contributed by atoms with E-state index in [1.54, 1.807) is 19.1 Å². The SMILES string of the molecule is Cc1cccc(F)c1NC(=O)NC(C)C. The minimum Gasteiger partial charge on any atom is -0.336 e. The fourth-order valence-corrected chi connectivity index (χ4v) is 1.20. The smallest absolute Gasteiger partial charge is 0.319 e. The number of benzene rings is 1. The zero-order valence-corrected chi connectivity index (χ0v) is 9.10. The second kappa shape index (κ2) is 4.77. The van der Waals surface area contributed by atoms with Gasteiger partial charge in [0.15, 0.2) is 0 Å². The Bertz CT molecular complexity index is 343. The molecule has 0 saturated heterocycles. The minimum atomic E-state index is -0.422. The number of carbonyl (C=O) groups is 1. The lowest BCUT2D eigenvalue weighted by atomic mass is 10.2. The second-order valence-electron chi connectivity index (χ2n) is 3.68. The average molecular weight is 210 g/mol. The van der Waals surface area contributed by atoms with Crippen LogP contribution in [0.2, 0.25) is 0 Å². The Morgan fingerprint density at radius 3 is 2.60 bits per heavy atom. The molecule has 0 aliphatic rings. The lowest BCUT2D eigenvalue weighted by molar-refractivity contribution is 0.250. The monoisotopic (exact) mass is 210 g/mol. The van der Waals surface area contributed by atoms with E-state index < -0.39 is 11.8 Å². The zero-order chi connectivity index (χ0) is 11.4. The summed E-state index contributed by atoms with van der Waals surface area (Å²) in [6, 6.07) is 4.30. The van der Waals surface area contributed by atoms with Crippen molar-refractivity contribution in [3.8, 4) is 0 Å². The normalized spacial score (nSPS) is 10.2. The first kappa shape index (κ1) is 11.5. The zero-order valence-electron chi connectivity index (χ0n) is 9.10. The van der Waals surface area contributed by atoms with Crippen LogP contribution in [0.5, 0.6) is 0 Å². The van der Waals surface area contributed by atoms with Crippen molar-refractivity contribution >= 4 is 11.7 Å². The van der Waals surface area contributed by atoms with E-state index in [-0.39, 0.29) is 11.7 Å². The predicted molar refractivity (Wildman–Crippen MR) is 58.4 cm³/mol. The van der Waals surface area contributed by atoms with Crippen molar-refractivity contribution in [1.82, 2.24) is 5.32 Å². The van der Waals surface area contributed by atoms with E-state index in [0.29, 0.717) is 5.56 Å². The molecule has 15 heavy (non-hydrogen) atoms. The molecule has 3 nitrogen and oxygen atoms in total. The summed E-state index contributed by atoms with van der Waals surface area (Å²) in [7, 11) is 0. The summed E-state index contributed by atoms with van der Waals surface area (Å²) in [5.41, 5.74) is 0.935. The largest absolute Gasteiger partial charge is 0.336 e. The Labute approximate surface area is 88.7 Å². The number of anilines is 1. The van der Waals surface area contributed by atoms with E-state index >= 15 is 0 Å². The van der Waals surface area contributed by atoms with Gasteiger partial charge in [0.05, 0.1) is 5.69 Å². The maximum atomic E-state index is 13.3. The molecule has 4 heteroatoms. The second-order valence-corrected chi connectivity index (χ2v) is 3.68. The molecule has 0 fully saturated rings. The molecular formula is C11H15FN2O. The molecule has 0 radical (unpaired) electrons. The molecule has 0 atom stereocenters. The van der Waals surface area contributed by atoms with Crippen LogP contribution in [0.15, 0.2) is 18.2 Å². The maximum absolute atomic E-state index is 13.3. The van der Waals surface area contributed by atoms with Gasteiger partial charge >= 0.3 is 6.03 Å². The predicted octanol–water partition coefficient (Wildman–Crippen LogP) is 2.66. The van der Waals surface area contributed by atoms with Crippen LogP contribution in [0, 0.1) is 12.7 Å². The Morgan fingerprint density at radius 1 is 1.40 bits per heavy atom. The van der Waals surface area contributed by atoms with Crippen LogP contribution in [0.25, 0.3) is 0 Å². The van der Waals surface area contributed by atoms with E-state index in [9.17, 15) is 9.18 Å². The van der Waals surface area contributed by atoms with Gasteiger partial charge in [0.25, 0.3) is 0 Å². The van der Waals surface area contributed by atoms with Crippen molar-refractivity contribution < 1.29 is 9.18 Å². The molecule has 0 spiro atoms. The van der Waals surface area contributed by atoms with Crippen LogP contribution < -0.4 is 10.6 Å². The van der Waals surface area contributed by atoms with Gasteiger partial charge in [0, 0.05) is 6.04 Å². The molecule has 1 rings (SSSR count). The molecule has 1 aromatic rings. The van der Waals surface area contributed by atoms with Crippen molar-refractivity contribution in [3.63, 3.8) is 0 Å². The first-order chi connectivity index (χ1) is 7.00. The van der Waals surface area contributed by atoms with E-state index in [0.717, 1.165) is 0 Å². The highest BCUT2D eigenvalue weighted by atomic mass is 19.1. The molecule has 0 aliphatic carbocycles. The summed E-state index contributed by atoms with van der Waals surface area (Å²) >= 11 is 0. The topological polar surface area (TPSA) is 41.1 Å². The molecule has 0 aromatic heterocycles. The maximum Gasteiger partial charge on any atom is 0.319 e. The Hall–Kier alpha value is -1.58. The van der Waals surface area contributed by atoms with E-state index in [1.165, 1.54) is 6.07 Å². The van der Waals surface area contributed by atoms with Crippen LogP contribution in [0.4, 0.5) is 14.9 Å². The third-order valence-electron chi connectivity index (χ3n) is 1.88. The number of halogens is 1. The summed E-state index contributed by atoms with van der Waals surface area (Å²) in [6.07, 6.45) is 0. The van der Waals surface area contributed by atoms with Crippen LogP contribution in [-0.4, -0.2) is 12.1 Å². The molecule has 2 N–H and O–H groups in total. The van der Waals surface area contributed by atoms with Crippen LogP contribution in [0.1, 0.15) is 19.4 Å². The highest BCUT2D eigenvalue weighted by Gasteiger charge is 2.09. The summed E-state index contributed by atoms with van der Waals surface area (Å²) < 4.78 is 13.3. The van der Waals surface area contributed by atoms with Crippen LogP contribution in [0.3, 0.4) is 0 Å².